The number of hydrogen-bond donors (Lipinski definition) is 0. The van der Waals surface area contributed by atoms with Gasteiger partial charge in [-0.2, -0.15) is 0 Å². The molecule has 5 nitrogen and oxygen atoms in total. The predicted molar refractivity (Wildman–Crippen MR) is 134 cm³/mol. The summed E-state index contributed by atoms with van der Waals surface area (Å²) in [6.45, 7) is 6.62. The van der Waals surface area contributed by atoms with Crippen molar-refractivity contribution < 1.29 is 9.47 Å². The van der Waals surface area contributed by atoms with Crippen LogP contribution in [0.15, 0.2) is 59.4 Å². The standard InChI is InChI=1S/C27H24N2O3S/c1-16-5-7-19(8-6-16)15-32-23-10-9-20(13-24(23)31-4)14-25-26(30)29-22-12-18(3)17(2)11-21(22)28-27(29)33-25/h5-14H,15H2,1-4H3. The van der Waals surface area contributed by atoms with Gasteiger partial charge in [-0.15, -0.1) is 0 Å². The molecule has 0 spiro atoms. The van der Waals surface area contributed by atoms with E-state index in [1.165, 1.54) is 22.5 Å². The van der Waals surface area contributed by atoms with Crippen molar-refractivity contribution in [1.29, 1.82) is 0 Å². The molecule has 2 heterocycles. The molecule has 0 saturated carbocycles. The Morgan fingerprint density at radius 2 is 1.73 bits per heavy atom. The summed E-state index contributed by atoms with van der Waals surface area (Å²) in [6.07, 6.45) is 1.88. The molecule has 0 fully saturated rings. The van der Waals surface area contributed by atoms with E-state index < -0.39 is 0 Å². The molecule has 0 atom stereocenters. The molecule has 0 N–H and O–H groups in total. The second-order valence-electron chi connectivity index (χ2n) is 8.26. The zero-order valence-electron chi connectivity index (χ0n) is 19.0. The SMILES string of the molecule is COc1cc(C=c2sc3nc4cc(C)c(C)cc4n3c2=O)ccc1OCc1ccc(C)cc1. The molecule has 0 radical (unpaired) electrons. The quantitative estimate of drug-likeness (QED) is 0.375. The monoisotopic (exact) mass is 456 g/mol. The first-order valence-electron chi connectivity index (χ1n) is 10.7. The van der Waals surface area contributed by atoms with Crippen molar-refractivity contribution in [3.63, 3.8) is 0 Å². The van der Waals surface area contributed by atoms with Crippen molar-refractivity contribution in [2.75, 3.05) is 7.11 Å². The highest BCUT2D eigenvalue weighted by atomic mass is 32.1. The minimum absolute atomic E-state index is 0.0561. The van der Waals surface area contributed by atoms with Crippen molar-refractivity contribution in [3.05, 3.63) is 97.3 Å². The fourth-order valence-electron chi connectivity index (χ4n) is 3.81. The number of methoxy groups -OCH3 is 1. The van der Waals surface area contributed by atoms with Crippen LogP contribution in [0.25, 0.3) is 22.1 Å². The number of aromatic nitrogens is 2. The van der Waals surface area contributed by atoms with Gasteiger partial charge in [-0.25, -0.2) is 9.38 Å². The van der Waals surface area contributed by atoms with Crippen molar-refractivity contribution in [3.8, 4) is 11.5 Å². The molecular weight excluding hydrogens is 432 g/mol. The second-order valence-corrected chi connectivity index (χ2v) is 9.26. The molecule has 5 aromatic rings. The third-order valence-electron chi connectivity index (χ3n) is 5.85. The van der Waals surface area contributed by atoms with Gasteiger partial charge in [-0.3, -0.25) is 4.79 Å². The van der Waals surface area contributed by atoms with Crippen LogP contribution >= 0.6 is 11.3 Å². The number of benzene rings is 3. The molecule has 0 aliphatic rings. The van der Waals surface area contributed by atoms with E-state index in [9.17, 15) is 4.79 Å². The Kier molecular flexibility index (Phi) is 5.38. The van der Waals surface area contributed by atoms with Crippen molar-refractivity contribution in [2.24, 2.45) is 0 Å². The average Bonchev–Trinajstić information content (AvgIpc) is 3.29. The van der Waals surface area contributed by atoms with Crippen LogP contribution in [0, 0.1) is 20.8 Å². The summed E-state index contributed by atoms with van der Waals surface area (Å²) >= 11 is 1.39. The van der Waals surface area contributed by atoms with E-state index in [0.29, 0.717) is 27.6 Å². The summed E-state index contributed by atoms with van der Waals surface area (Å²) in [7, 11) is 1.62. The lowest BCUT2D eigenvalue weighted by Gasteiger charge is -2.11. The first kappa shape index (κ1) is 21.2. The number of hydrogen-bond acceptors (Lipinski definition) is 5. The molecule has 166 valence electrons. The molecular formula is C27H24N2O3S. The molecule has 0 saturated heterocycles. The van der Waals surface area contributed by atoms with Crippen LogP contribution < -0.4 is 19.6 Å². The van der Waals surface area contributed by atoms with Gasteiger partial charge < -0.3 is 9.47 Å². The van der Waals surface area contributed by atoms with Gasteiger partial charge >= 0.3 is 0 Å². The van der Waals surface area contributed by atoms with Crippen molar-refractivity contribution >= 4 is 33.4 Å². The van der Waals surface area contributed by atoms with Gasteiger partial charge in [0.15, 0.2) is 16.5 Å². The molecule has 5 rings (SSSR count). The Hall–Kier alpha value is -3.64. The van der Waals surface area contributed by atoms with Crippen LogP contribution in [-0.2, 0) is 6.61 Å². The van der Waals surface area contributed by atoms with Crippen molar-refractivity contribution in [2.45, 2.75) is 27.4 Å². The zero-order chi connectivity index (χ0) is 23.1. The van der Waals surface area contributed by atoms with Gasteiger partial charge in [0.05, 0.1) is 22.7 Å². The van der Waals surface area contributed by atoms with Crippen LogP contribution in [0.4, 0.5) is 0 Å². The number of imidazole rings is 1. The number of nitrogens with zero attached hydrogens (tertiary/aromatic N) is 2. The van der Waals surface area contributed by atoms with Gasteiger partial charge in [0.2, 0.25) is 0 Å². The summed E-state index contributed by atoms with van der Waals surface area (Å²) in [5.74, 6) is 1.29. The largest absolute Gasteiger partial charge is 0.493 e. The van der Waals surface area contributed by atoms with E-state index in [-0.39, 0.29) is 5.56 Å². The Bertz CT molecular complexity index is 1600. The van der Waals surface area contributed by atoms with Crippen LogP contribution in [0.5, 0.6) is 11.5 Å². The molecule has 3 aromatic carbocycles. The predicted octanol–water partition coefficient (Wildman–Crippen LogP) is 4.97. The summed E-state index contributed by atoms with van der Waals surface area (Å²) in [6, 6.07) is 18.0. The zero-order valence-corrected chi connectivity index (χ0v) is 19.8. The highest BCUT2D eigenvalue weighted by Gasteiger charge is 2.13. The van der Waals surface area contributed by atoms with Crippen LogP contribution in [-0.4, -0.2) is 16.5 Å². The van der Waals surface area contributed by atoms with Crippen LogP contribution in [0.3, 0.4) is 0 Å². The second kappa shape index (κ2) is 8.37. The maximum atomic E-state index is 13.2. The smallest absolute Gasteiger partial charge is 0.274 e. The lowest BCUT2D eigenvalue weighted by molar-refractivity contribution is 0.284. The first-order valence-corrected chi connectivity index (χ1v) is 11.5. The maximum Gasteiger partial charge on any atom is 0.274 e. The minimum atomic E-state index is -0.0561. The Morgan fingerprint density at radius 3 is 2.48 bits per heavy atom. The Labute approximate surface area is 195 Å². The topological polar surface area (TPSA) is 52.8 Å². The molecule has 2 aromatic heterocycles. The highest BCUT2D eigenvalue weighted by Crippen LogP contribution is 2.29. The highest BCUT2D eigenvalue weighted by molar-refractivity contribution is 7.15. The first-order chi connectivity index (χ1) is 15.9. The summed E-state index contributed by atoms with van der Waals surface area (Å²) < 4.78 is 13.9. The minimum Gasteiger partial charge on any atom is -0.493 e. The lowest BCUT2D eigenvalue weighted by atomic mass is 10.1. The Balaban J connectivity index is 1.48. The van der Waals surface area contributed by atoms with E-state index >= 15 is 0 Å². The van der Waals surface area contributed by atoms with Crippen LogP contribution in [0.2, 0.25) is 0 Å². The molecule has 0 bridgehead atoms. The third kappa shape index (κ3) is 3.98. The third-order valence-corrected chi connectivity index (χ3v) is 6.82. The van der Waals surface area contributed by atoms with E-state index in [0.717, 1.165) is 27.7 Å². The van der Waals surface area contributed by atoms with Gasteiger partial charge in [-0.1, -0.05) is 47.2 Å². The van der Waals surface area contributed by atoms with Crippen molar-refractivity contribution in [1.82, 2.24) is 9.38 Å². The van der Waals surface area contributed by atoms with E-state index in [1.807, 2.05) is 43.3 Å². The summed E-state index contributed by atoms with van der Waals surface area (Å²) in [5.41, 5.74) is 7.14. The molecule has 0 aliphatic heterocycles. The molecule has 6 heteroatoms. The number of rotatable bonds is 5. The number of thiazole rings is 1. The number of ether oxygens (including phenoxy) is 2. The summed E-state index contributed by atoms with van der Waals surface area (Å²) in [5, 5.41) is 0. The molecule has 0 aliphatic carbocycles. The van der Waals surface area contributed by atoms with Gasteiger partial charge in [0, 0.05) is 0 Å². The Morgan fingerprint density at radius 1 is 0.970 bits per heavy atom. The summed E-state index contributed by atoms with van der Waals surface area (Å²) in [4.78, 5) is 18.5. The van der Waals surface area contributed by atoms with E-state index in [4.69, 9.17) is 9.47 Å². The van der Waals surface area contributed by atoms with Crippen LogP contribution in [0.1, 0.15) is 27.8 Å². The van der Waals surface area contributed by atoms with Gasteiger partial charge in [0.1, 0.15) is 6.61 Å². The number of fused-ring (bicyclic) bond motifs is 3. The fraction of sp³-hybridized carbons (Fsp3) is 0.185. The average molecular weight is 457 g/mol. The molecule has 33 heavy (non-hydrogen) atoms. The van der Waals surface area contributed by atoms with Gasteiger partial charge in [-0.05, 0) is 73.4 Å². The fourth-order valence-corrected chi connectivity index (χ4v) is 4.80. The van der Waals surface area contributed by atoms with Gasteiger partial charge in [0.25, 0.3) is 5.56 Å². The van der Waals surface area contributed by atoms with E-state index in [1.54, 1.807) is 11.5 Å². The number of aryl methyl sites for hydroxylation is 3. The lowest BCUT2D eigenvalue weighted by Crippen LogP contribution is -2.22. The molecule has 0 amide bonds. The normalized spacial score (nSPS) is 12.1. The molecule has 0 unspecified atom stereocenters. The maximum absolute atomic E-state index is 13.2. The van der Waals surface area contributed by atoms with E-state index in [2.05, 4.69) is 43.1 Å².